The van der Waals surface area contributed by atoms with Crippen molar-refractivity contribution in [2.45, 2.75) is 47.2 Å². The van der Waals surface area contributed by atoms with Crippen molar-refractivity contribution in [3.05, 3.63) is 45.4 Å². The van der Waals surface area contributed by atoms with E-state index in [4.69, 9.17) is 9.73 Å². The van der Waals surface area contributed by atoms with E-state index in [-0.39, 0.29) is 24.0 Å². The Morgan fingerprint density at radius 1 is 1.23 bits per heavy atom. The van der Waals surface area contributed by atoms with Crippen molar-refractivity contribution in [1.29, 1.82) is 0 Å². The minimum absolute atomic E-state index is 0. The summed E-state index contributed by atoms with van der Waals surface area (Å²) in [6.07, 6.45) is 2.89. The van der Waals surface area contributed by atoms with Crippen LogP contribution in [-0.4, -0.2) is 24.1 Å². The Bertz CT molecular complexity index is 703. The number of hydrogen-bond acceptors (Lipinski definition) is 4. The highest BCUT2D eigenvalue weighted by molar-refractivity contribution is 14.0. The summed E-state index contributed by atoms with van der Waals surface area (Å²) in [6, 6.07) is 6.28. The van der Waals surface area contributed by atoms with E-state index in [0.717, 1.165) is 41.9 Å². The molecule has 1 heterocycles. The van der Waals surface area contributed by atoms with Crippen LogP contribution in [0.3, 0.4) is 0 Å². The first-order valence-corrected chi connectivity index (χ1v) is 9.59. The van der Waals surface area contributed by atoms with E-state index in [0.29, 0.717) is 13.1 Å². The maximum atomic E-state index is 5.87. The maximum Gasteiger partial charge on any atom is 0.191 e. The van der Waals surface area contributed by atoms with Gasteiger partial charge in [-0.3, -0.25) is 0 Å². The topological polar surface area (TPSA) is 58.5 Å². The Labute approximate surface area is 177 Å². The van der Waals surface area contributed by atoms with Crippen LogP contribution < -0.4 is 15.4 Å². The highest BCUT2D eigenvalue weighted by Crippen LogP contribution is 2.21. The lowest BCUT2D eigenvalue weighted by Crippen LogP contribution is -2.36. The third-order valence-corrected chi connectivity index (χ3v) is 4.43. The first-order chi connectivity index (χ1) is 12.1. The second kappa shape index (κ2) is 12.1. The highest BCUT2D eigenvalue weighted by atomic mass is 127. The zero-order valence-electron chi connectivity index (χ0n) is 16.0. The molecule has 0 bridgehead atoms. The van der Waals surface area contributed by atoms with Crippen molar-refractivity contribution in [2.24, 2.45) is 4.99 Å². The fourth-order valence-corrected chi connectivity index (χ4v) is 3.01. The highest BCUT2D eigenvalue weighted by Gasteiger charge is 2.06. The monoisotopic (exact) mass is 488 g/mol. The third-order valence-electron chi connectivity index (χ3n) is 3.51. The number of nitrogens with one attached hydrogen (secondary N) is 2. The maximum absolute atomic E-state index is 5.87. The smallest absolute Gasteiger partial charge is 0.191 e. The largest absolute Gasteiger partial charge is 0.493 e. The number of aryl methyl sites for hydroxylation is 2. The van der Waals surface area contributed by atoms with Gasteiger partial charge in [0.25, 0.3) is 0 Å². The first-order valence-electron chi connectivity index (χ1n) is 8.78. The minimum Gasteiger partial charge on any atom is -0.493 e. The molecule has 0 atom stereocenters. The van der Waals surface area contributed by atoms with Gasteiger partial charge in [0.1, 0.15) is 10.8 Å². The summed E-state index contributed by atoms with van der Waals surface area (Å²) in [5.41, 5.74) is 2.30. The summed E-state index contributed by atoms with van der Waals surface area (Å²) in [7, 11) is 0. The SMILES string of the molecule is CCCOc1cc(C)ccc1CN=C(NCC)NCc1ncc(C)s1.I. The molecule has 0 unspecified atom stereocenters. The summed E-state index contributed by atoms with van der Waals surface area (Å²) in [6.45, 7) is 11.1. The molecule has 2 aromatic rings. The molecule has 1 aromatic heterocycles. The van der Waals surface area contributed by atoms with Crippen LogP contribution >= 0.6 is 35.3 Å². The number of benzene rings is 1. The lowest BCUT2D eigenvalue weighted by atomic mass is 10.1. The Morgan fingerprint density at radius 3 is 2.69 bits per heavy atom. The number of guanidine groups is 1. The quantitative estimate of drug-likeness (QED) is 0.328. The molecule has 0 aliphatic rings. The molecule has 2 rings (SSSR count). The Morgan fingerprint density at radius 2 is 2.04 bits per heavy atom. The zero-order valence-corrected chi connectivity index (χ0v) is 19.1. The molecular formula is C19H29IN4OS. The van der Waals surface area contributed by atoms with Gasteiger partial charge >= 0.3 is 0 Å². The molecule has 1 aromatic carbocycles. The predicted octanol–water partition coefficient (Wildman–Crippen LogP) is 4.42. The lowest BCUT2D eigenvalue weighted by molar-refractivity contribution is 0.314. The van der Waals surface area contributed by atoms with Crippen molar-refractivity contribution < 1.29 is 4.74 Å². The molecule has 5 nitrogen and oxygen atoms in total. The van der Waals surface area contributed by atoms with Gasteiger partial charge in [0, 0.05) is 23.2 Å². The van der Waals surface area contributed by atoms with Crippen molar-refractivity contribution in [1.82, 2.24) is 15.6 Å². The molecule has 0 saturated carbocycles. The number of rotatable bonds is 8. The van der Waals surface area contributed by atoms with E-state index in [1.54, 1.807) is 11.3 Å². The molecule has 0 saturated heterocycles. The molecule has 26 heavy (non-hydrogen) atoms. The summed E-state index contributed by atoms with van der Waals surface area (Å²) < 4.78 is 5.87. The summed E-state index contributed by atoms with van der Waals surface area (Å²) in [5, 5.41) is 7.68. The van der Waals surface area contributed by atoms with Crippen LogP contribution in [0.15, 0.2) is 29.4 Å². The summed E-state index contributed by atoms with van der Waals surface area (Å²) in [4.78, 5) is 10.3. The molecule has 0 radical (unpaired) electrons. The van der Waals surface area contributed by atoms with Gasteiger partial charge in [0.05, 0.1) is 19.7 Å². The van der Waals surface area contributed by atoms with Gasteiger partial charge in [0.15, 0.2) is 5.96 Å². The van der Waals surface area contributed by atoms with E-state index < -0.39 is 0 Å². The Hall–Kier alpha value is -1.35. The van der Waals surface area contributed by atoms with Crippen molar-refractivity contribution >= 4 is 41.3 Å². The van der Waals surface area contributed by atoms with Crippen molar-refractivity contribution in [2.75, 3.05) is 13.2 Å². The van der Waals surface area contributed by atoms with Crippen LogP contribution in [0, 0.1) is 13.8 Å². The summed E-state index contributed by atoms with van der Waals surface area (Å²) in [5.74, 6) is 1.72. The number of halogens is 1. The second-order valence-corrected chi connectivity index (χ2v) is 7.19. The predicted molar refractivity (Wildman–Crippen MR) is 121 cm³/mol. The molecule has 144 valence electrons. The molecular weight excluding hydrogens is 459 g/mol. The van der Waals surface area contributed by atoms with Crippen molar-refractivity contribution in [3.63, 3.8) is 0 Å². The number of aliphatic imine (C=N–C) groups is 1. The van der Waals surface area contributed by atoms with Crippen LogP contribution in [0.4, 0.5) is 0 Å². The van der Waals surface area contributed by atoms with Gasteiger partial charge in [0.2, 0.25) is 0 Å². The Kier molecular flexibility index (Phi) is 10.6. The van der Waals surface area contributed by atoms with Crippen LogP contribution in [0.25, 0.3) is 0 Å². The van der Waals surface area contributed by atoms with Crippen molar-refractivity contribution in [3.8, 4) is 5.75 Å². The van der Waals surface area contributed by atoms with Gasteiger partial charge < -0.3 is 15.4 Å². The summed E-state index contributed by atoms with van der Waals surface area (Å²) >= 11 is 1.70. The van der Waals surface area contributed by atoms with Gasteiger partial charge in [-0.1, -0.05) is 19.1 Å². The van der Waals surface area contributed by atoms with Gasteiger partial charge in [-0.05, 0) is 38.8 Å². The Balaban J connectivity index is 0.00000338. The average molecular weight is 488 g/mol. The first kappa shape index (κ1) is 22.7. The number of nitrogens with zero attached hydrogens (tertiary/aromatic N) is 2. The minimum atomic E-state index is 0. The molecule has 7 heteroatoms. The zero-order chi connectivity index (χ0) is 18.1. The number of thiazole rings is 1. The molecule has 0 aliphatic carbocycles. The fraction of sp³-hybridized carbons (Fsp3) is 0.474. The molecule has 0 amide bonds. The van der Waals surface area contributed by atoms with Crippen LogP contribution in [-0.2, 0) is 13.1 Å². The number of ether oxygens (including phenoxy) is 1. The number of aromatic nitrogens is 1. The lowest BCUT2D eigenvalue weighted by Gasteiger charge is -2.13. The van der Waals surface area contributed by atoms with Crippen LogP contribution in [0.1, 0.15) is 41.3 Å². The van der Waals surface area contributed by atoms with Gasteiger partial charge in [-0.15, -0.1) is 35.3 Å². The van der Waals surface area contributed by atoms with E-state index >= 15 is 0 Å². The molecule has 0 spiro atoms. The fourth-order valence-electron chi connectivity index (χ4n) is 2.29. The molecule has 2 N–H and O–H groups in total. The van der Waals surface area contributed by atoms with Crippen LogP contribution in [0.5, 0.6) is 5.75 Å². The molecule has 0 fully saturated rings. The van der Waals surface area contributed by atoms with Gasteiger partial charge in [-0.25, -0.2) is 9.98 Å². The van der Waals surface area contributed by atoms with Crippen LogP contribution in [0.2, 0.25) is 0 Å². The van der Waals surface area contributed by atoms with E-state index in [2.05, 4.69) is 61.5 Å². The van der Waals surface area contributed by atoms with Gasteiger partial charge in [-0.2, -0.15) is 0 Å². The van der Waals surface area contributed by atoms with E-state index in [1.165, 1.54) is 10.4 Å². The van der Waals surface area contributed by atoms with E-state index in [1.807, 2.05) is 6.20 Å². The molecule has 0 aliphatic heterocycles. The second-order valence-electron chi connectivity index (χ2n) is 5.87. The normalized spacial score (nSPS) is 11.0. The third kappa shape index (κ3) is 7.49. The van der Waals surface area contributed by atoms with E-state index in [9.17, 15) is 0 Å². The number of hydrogen-bond donors (Lipinski definition) is 2. The standard InChI is InChI=1S/C19H28N4OS.HI/c1-5-9-24-17-10-14(3)7-8-16(17)12-22-19(20-6-2)23-13-18-21-11-15(4)25-18;/h7-8,10-11H,5-6,9,12-13H2,1-4H3,(H2,20,22,23);1H. The average Bonchev–Trinajstić information content (AvgIpc) is 3.02.